The van der Waals surface area contributed by atoms with Gasteiger partial charge in [-0.05, 0) is 42.3 Å². The molecule has 0 aliphatic rings. The molecule has 2 aromatic carbocycles. The van der Waals surface area contributed by atoms with E-state index >= 15 is 0 Å². The predicted octanol–water partition coefficient (Wildman–Crippen LogP) is 6.84. The highest BCUT2D eigenvalue weighted by Crippen LogP contribution is 2.28. The van der Waals surface area contributed by atoms with Crippen molar-refractivity contribution in [2.75, 3.05) is 6.61 Å². The number of allylic oxidation sites excluding steroid dienone is 1. The van der Waals surface area contributed by atoms with Crippen molar-refractivity contribution in [3.8, 4) is 5.75 Å². The van der Waals surface area contributed by atoms with Gasteiger partial charge in [-0.3, -0.25) is 0 Å². The Morgan fingerprint density at radius 2 is 1.93 bits per heavy atom. The minimum atomic E-state index is 0.513. The molecule has 3 aromatic rings. The molecule has 0 radical (unpaired) electrons. The molecule has 0 spiro atoms. The van der Waals surface area contributed by atoms with E-state index in [4.69, 9.17) is 27.9 Å². The molecule has 0 aliphatic heterocycles. The molecule has 4 nitrogen and oxygen atoms in total. The molecule has 0 unspecified atom stereocenters. The van der Waals surface area contributed by atoms with Gasteiger partial charge in [-0.2, -0.15) is 0 Å². The number of rotatable bonds is 10. The molecule has 29 heavy (non-hydrogen) atoms. The summed E-state index contributed by atoms with van der Waals surface area (Å²) in [7, 11) is 0. The highest BCUT2D eigenvalue weighted by molar-refractivity contribution is 9.10. The van der Waals surface area contributed by atoms with Crippen molar-refractivity contribution < 1.29 is 4.74 Å². The zero-order valence-electron chi connectivity index (χ0n) is 15.7. The molecular weight excluding hydrogens is 493 g/mol. The van der Waals surface area contributed by atoms with Crippen molar-refractivity contribution in [2.45, 2.75) is 30.3 Å². The van der Waals surface area contributed by atoms with Crippen molar-refractivity contribution in [1.82, 2.24) is 14.8 Å². The Hall–Kier alpha value is -1.47. The van der Waals surface area contributed by atoms with Crippen molar-refractivity contribution in [2.24, 2.45) is 0 Å². The summed E-state index contributed by atoms with van der Waals surface area (Å²) in [6, 6.07) is 13.5. The third-order valence-corrected chi connectivity index (χ3v) is 6.18. The number of thioether (sulfide) groups is 1. The van der Waals surface area contributed by atoms with E-state index in [0.29, 0.717) is 28.9 Å². The van der Waals surface area contributed by atoms with Crippen molar-refractivity contribution >= 4 is 50.9 Å². The lowest BCUT2D eigenvalue weighted by Crippen LogP contribution is -2.07. The number of benzene rings is 2. The van der Waals surface area contributed by atoms with Crippen LogP contribution in [0.2, 0.25) is 10.0 Å². The third-order valence-electron chi connectivity index (χ3n) is 4.08. The average Bonchev–Trinajstić information content (AvgIpc) is 3.08. The Labute approximate surface area is 193 Å². The van der Waals surface area contributed by atoms with Crippen LogP contribution < -0.4 is 4.74 Å². The largest absolute Gasteiger partial charge is 0.492 e. The molecule has 1 heterocycles. The van der Waals surface area contributed by atoms with Gasteiger partial charge in [-0.1, -0.05) is 69.1 Å². The number of nitrogens with zero attached hydrogens (tertiary/aromatic N) is 3. The topological polar surface area (TPSA) is 39.9 Å². The third kappa shape index (κ3) is 6.51. The van der Waals surface area contributed by atoms with Gasteiger partial charge >= 0.3 is 0 Å². The minimum Gasteiger partial charge on any atom is -0.492 e. The number of halogens is 3. The molecule has 0 saturated heterocycles. The lowest BCUT2D eigenvalue weighted by Gasteiger charge is -2.09. The fourth-order valence-electron chi connectivity index (χ4n) is 2.66. The first-order valence-corrected chi connectivity index (χ1v) is 11.6. The van der Waals surface area contributed by atoms with Crippen molar-refractivity contribution in [3.05, 3.63) is 81.0 Å². The second kappa shape index (κ2) is 11.1. The Kier molecular flexibility index (Phi) is 8.48. The smallest absolute Gasteiger partial charge is 0.191 e. The van der Waals surface area contributed by atoms with E-state index in [2.05, 4.69) is 49.4 Å². The molecule has 0 aliphatic carbocycles. The summed E-state index contributed by atoms with van der Waals surface area (Å²) in [6.07, 6.45) is 3.41. The number of aryl methyl sites for hydroxylation is 1. The molecule has 0 amide bonds. The normalized spacial score (nSPS) is 10.9. The molecule has 152 valence electrons. The van der Waals surface area contributed by atoms with Gasteiger partial charge in [-0.15, -0.1) is 16.8 Å². The van der Waals surface area contributed by atoms with Crippen LogP contribution >= 0.6 is 50.9 Å². The molecule has 0 atom stereocenters. The van der Waals surface area contributed by atoms with Crippen LogP contribution in [0.3, 0.4) is 0 Å². The minimum absolute atomic E-state index is 0.513. The Morgan fingerprint density at radius 1 is 1.14 bits per heavy atom. The molecule has 0 bridgehead atoms. The summed E-state index contributed by atoms with van der Waals surface area (Å²) in [6.45, 7) is 5.06. The highest BCUT2D eigenvalue weighted by Gasteiger charge is 2.12. The summed E-state index contributed by atoms with van der Waals surface area (Å²) in [5.74, 6) is 2.39. The maximum Gasteiger partial charge on any atom is 0.191 e. The van der Waals surface area contributed by atoms with E-state index in [0.717, 1.165) is 34.0 Å². The van der Waals surface area contributed by atoms with Crippen molar-refractivity contribution in [3.63, 3.8) is 0 Å². The number of aromatic nitrogens is 3. The molecule has 0 saturated carbocycles. The van der Waals surface area contributed by atoms with E-state index < -0.39 is 0 Å². The second-order valence-corrected chi connectivity index (χ2v) is 8.94. The monoisotopic (exact) mass is 511 g/mol. The number of ether oxygens (including phenoxy) is 1. The first-order valence-electron chi connectivity index (χ1n) is 9.05. The number of hydrogen-bond donors (Lipinski definition) is 0. The lowest BCUT2D eigenvalue weighted by molar-refractivity contribution is 0.309. The van der Waals surface area contributed by atoms with Gasteiger partial charge in [0.25, 0.3) is 0 Å². The van der Waals surface area contributed by atoms with E-state index in [1.54, 1.807) is 30.0 Å². The molecule has 8 heteroatoms. The molecule has 0 fully saturated rings. The fraction of sp³-hybridized carbons (Fsp3) is 0.238. The van der Waals surface area contributed by atoms with Gasteiger partial charge in [0, 0.05) is 28.2 Å². The zero-order valence-corrected chi connectivity index (χ0v) is 19.6. The lowest BCUT2D eigenvalue weighted by atomic mass is 10.2. The first kappa shape index (κ1) is 22.2. The van der Waals surface area contributed by atoms with Crippen molar-refractivity contribution in [1.29, 1.82) is 0 Å². The Morgan fingerprint density at radius 3 is 2.66 bits per heavy atom. The Bertz CT molecular complexity index is 963. The molecule has 1 aromatic heterocycles. The highest BCUT2D eigenvalue weighted by atomic mass is 79.9. The van der Waals surface area contributed by atoms with E-state index in [1.807, 2.05) is 18.2 Å². The fourth-order valence-corrected chi connectivity index (χ4v) is 4.31. The van der Waals surface area contributed by atoms with Gasteiger partial charge < -0.3 is 9.30 Å². The van der Waals surface area contributed by atoms with Crippen LogP contribution in [0.25, 0.3) is 0 Å². The van der Waals surface area contributed by atoms with Gasteiger partial charge in [-0.25, -0.2) is 0 Å². The zero-order chi connectivity index (χ0) is 20.6. The summed E-state index contributed by atoms with van der Waals surface area (Å²) < 4.78 is 8.94. The van der Waals surface area contributed by atoms with Gasteiger partial charge in [0.15, 0.2) is 5.16 Å². The SMILES string of the molecule is C=CCn1c(CCCOc2ccc(Cl)cc2Cl)nnc1SCc1ccc(Br)cc1. The van der Waals surface area contributed by atoms with Crippen LogP contribution in [-0.4, -0.2) is 21.4 Å². The maximum absolute atomic E-state index is 6.14. The van der Waals surface area contributed by atoms with Crippen LogP contribution in [0.5, 0.6) is 5.75 Å². The van der Waals surface area contributed by atoms with Gasteiger partial charge in [0.1, 0.15) is 11.6 Å². The van der Waals surface area contributed by atoms with E-state index in [1.165, 1.54) is 5.56 Å². The quantitative estimate of drug-likeness (QED) is 0.169. The van der Waals surface area contributed by atoms with Crippen LogP contribution in [0.15, 0.2) is 64.7 Å². The molecule has 0 N–H and O–H groups in total. The van der Waals surface area contributed by atoms with Crippen LogP contribution in [0, 0.1) is 0 Å². The summed E-state index contributed by atoms with van der Waals surface area (Å²) in [5.41, 5.74) is 1.24. The molecular formula is C21H20BrCl2N3OS. The van der Waals surface area contributed by atoms with Crippen LogP contribution in [-0.2, 0) is 18.7 Å². The predicted molar refractivity (Wildman–Crippen MR) is 124 cm³/mol. The maximum atomic E-state index is 6.14. The second-order valence-electron chi connectivity index (χ2n) is 6.24. The van der Waals surface area contributed by atoms with Crippen LogP contribution in [0.4, 0.5) is 0 Å². The molecule has 3 rings (SSSR count). The summed E-state index contributed by atoms with van der Waals surface area (Å²) >= 11 is 17.2. The first-order chi connectivity index (χ1) is 14.1. The Balaban J connectivity index is 1.56. The van der Waals surface area contributed by atoms with Gasteiger partial charge in [0.05, 0.1) is 11.6 Å². The summed E-state index contributed by atoms with van der Waals surface area (Å²) in [4.78, 5) is 0. The van der Waals surface area contributed by atoms with E-state index in [9.17, 15) is 0 Å². The summed E-state index contributed by atoms with van der Waals surface area (Å²) in [5, 5.41) is 10.7. The van der Waals surface area contributed by atoms with E-state index in [-0.39, 0.29) is 0 Å². The van der Waals surface area contributed by atoms with Gasteiger partial charge in [0.2, 0.25) is 0 Å². The van der Waals surface area contributed by atoms with Crippen LogP contribution in [0.1, 0.15) is 17.8 Å². The standard InChI is InChI=1S/C21H20BrCl2N3OS/c1-2-11-27-20(4-3-12-28-19-10-9-17(23)13-18(19)24)25-26-21(27)29-14-15-5-7-16(22)8-6-15/h2,5-10,13H,1,3-4,11-12,14H2. The average molecular weight is 513 g/mol. The number of hydrogen-bond acceptors (Lipinski definition) is 4.